The molecular formula is C28H27F2N3O4. The first-order valence-corrected chi connectivity index (χ1v) is 11.4. The first kappa shape index (κ1) is 27.0. The fourth-order valence-corrected chi connectivity index (χ4v) is 3.36. The first-order valence-electron chi connectivity index (χ1n) is 11.4. The lowest BCUT2D eigenvalue weighted by molar-refractivity contribution is -0.185. The summed E-state index contributed by atoms with van der Waals surface area (Å²) in [5.74, 6) is -0.335. The molecule has 0 aliphatic rings. The highest BCUT2D eigenvalue weighted by Crippen LogP contribution is 2.32. The van der Waals surface area contributed by atoms with Gasteiger partial charge < -0.3 is 25.7 Å². The molecule has 0 spiro atoms. The first-order chi connectivity index (χ1) is 17.7. The molecule has 0 heterocycles. The van der Waals surface area contributed by atoms with Gasteiger partial charge in [-0.1, -0.05) is 25.1 Å². The third kappa shape index (κ3) is 7.97. The van der Waals surface area contributed by atoms with E-state index in [1.54, 1.807) is 30.3 Å². The van der Waals surface area contributed by atoms with Crippen LogP contribution in [0.2, 0.25) is 0 Å². The Morgan fingerprint density at radius 1 is 1.05 bits per heavy atom. The lowest BCUT2D eigenvalue weighted by atomic mass is 10.00. The fourth-order valence-electron chi connectivity index (χ4n) is 3.36. The van der Waals surface area contributed by atoms with Crippen LogP contribution in [0.5, 0.6) is 11.5 Å². The third-order valence-electron chi connectivity index (χ3n) is 5.33. The Balaban J connectivity index is 1.51. The van der Waals surface area contributed by atoms with E-state index in [-0.39, 0.29) is 36.9 Å². The highest BCUT2D eigenvalue weighted by molar-refractivity contribution is 5.87. The van der Waals surface area contributed by atoms with Gasteiger partial charge in [0.2, 0.25) is 0 Å². The van der Waals surface area contributed by atoms with E-state index in [0.29, 0.717) is 22.7 Å². The molecule has 9 heteroatoms. The van der Waals surface area contributed by atoms with E-state index in [1.807, 2.05) is 13.0 Å². The van der Waals surface area contributed by atoms with E-state index >= 15 is 0 Å². The Bertz CT molecular complexity index is 1270. The second-order valence-electron chi connectivity index (χ2n) is 8.22. The van der Waals surface area contributed by atoms with Crippen molar-refractivity contribution in [1.82, 2.24) is 0 Å². The van der Waals surface area contributed by atoms with Crippen LogP contribution >= 0.6 is 0 Å². The van der Waals surface area contributed by atoms with E-state index in [0.717, 1.165) is 5.56 Å². The van der Waals surface area contributed by atoms with Crippen LogP contribution in [0.15, 0.2) is 72.8 Å². The number of nitrogen functional groups attached to an aromatic ring is 2. The van der Waals surface area contributed by atoms with Crippen LogP contribution in [0.3, 0.4) is 0 Å². The van der Waals surface area contributed by atoms with Gasteiger partial charge in [-0.25, -0.2) is 4.79 Å². The summed E-state index contributed by atoms with van der Waals surface area (Å²) in [5.41, 5.74) is 13.8. The maximum Gasteiger partial charge on any atom is 0.426 e. The monoisotopic (exact) mass is 507 g/mol. The second-order valence-corrected chi connectivity index (χ2v) is 8.22. The normalized spacial score (nSPS) is 12.1. The molecule has 0 aliphatic heterocycles. The van der Waals surface area contributed by atoms with Gasteiger partial charge in [0.05, 0.1) is 24.7 Å². The highest BCUT2D eigenvalue weighted by atomic mass is 19.3. The molecule has 1 atom stereocenters. The van der Waals surface area contributed by atoms with Gasteiger partial charge in [0.15, 0.2) is 0 Å². The third-order valence-corrected chi connectivity index (χ3v) is 5.33. The SMILES string of the molecule is CC(COC(=O)/C=C/c1ccc(OC(F)(F)c2ccc(OCCC#N)cc2)cc1)c1ccc(N)cc1N. The van der Waals surface area contributed by atoms with Crippen molar-refractivity contribution in [2.24, 2.45) is 0 Å². The molecule has 192 valence electrons. The van der Waals surface area contributed by atoms with Crippen LogP contribution in [-0.4, -0.2) is 19.2 Å². The largest absolute Gasteiger partial charge is 0.493 e. The predicted molar refractivity (Wildman–Crippen MR) is 137 cm³/mol. The fraction of sp³-hybridized carbons (Fsp3) is 0.214. The maximum atomic E-state index is 14.6. The number of nitriles is 1. The Morgan fingerprint density at radius 3 is 2.38 bits per heavy atom. The van der Waals surface area contributed by atoms with Crippen LogP contribution < -0.4 is 20.9 Å². The van der Waals surface area contributed by atoms with Gasteiger partial charge in [-0.15, -0.1) is 0 Å². The Kier molecular flexibility index (Phi) is 9.05. The van der Waals surface area contributed by atoms with Gasteiger partial charge in [-0.3, -0.25) is 0 Å². The minimum absolute atomic E-state index is 0.0472. The van der Waals surface area contributed by atoms with Gasteiger partial charge in [0.1, 0.15) is 18.1 Å². The molecule has 4 N–H and O–H groups in total. The minimum Gasteiger partial charge on any atom is -0.493 e. The number of halogens is 2. The molecule has 0 radical (unpaired) electrons. The molecule has 37 heavy (non-hydrogen) atoms. The number of alkyl halides is 2. The van der Waals surface area contributed by atoms with Crippen LogP contribution in [0.25, 0.3) is 6.08 Å². The van der Waals surface area contributed by atoms with Crippen LogP contribution in [0, 0.1) is 11.3 Å². The molecule has 0 saturated carbocycles. The van der Waals surface area contributed by atoms with E-state index in [2.05, 4.69) is 0 Å². The zero-order valence-electron chi connectivity index (χ0n) is 20.2. The van der Waals surface area contributed by atoms with E-state index in [9.17, 15) is 13.6 Å². The van der Waals surface area contributed by atoms with Crippen molar-refractivity contribution in [1.29, 1.82) is 5.26 Å². The van der Waals surface area contributed by atoms with Crippen LogP contribution in [0.1, 0.15) is 36.0 Å². The molecule has 0 saturated heterocycles. The lowest BCUT2D eigenvalue weighted by Crippen LogP contribution is -2.21. The van der Waals surface area contributed by atoms with Crippen LogP contribution in [-0.2, 0) is 15.6 Å². The minimum atomic E-state index is -3.57. The van der Waals surface area contributed by atoms with Crippen molar-refractivity contribution < 1.29 is 27.8 Å². The molecule has 0 amide bonds. The molecule has 7 nitrogen and oxygen atoms in total. The Hall–Kier alpha value is -4.58. The van der Waals surface area contributed by atoms with Gasteiger partial charge in [-0.2, -0.15) is 14.0 Å². The Morgan fingerprint density at radius 2 is 1.73 bits per heavy atom. The molecule has 0 aromatic heterocycles. The summed E-state index contributed by atoms with van der Waals surface area (Å²) in [4.78, 5) is 12.1. The number of nitrogens with two attached hydrogens (primary N) is 2. The lowest BCUT2D eigenvalue weighted by Gasteiger charge is -2.18. The highest BCUT2D eigenvalue weighted by Gasteiger charge is 2.34. The zero-order chi connectivity index (χ0) is 26.8. The molecule has 1 unspecified atom stereocenters. The van der Waals surface area contributed by atoms with Crippen LogP contribution in [0.4, 0.5) is 20.2 Å². The molecule has 3 rings (SSSR count). The quantitative estimate of drug-likeness (QED) is 0.149. The van der Waals surface area contributed by atoms with Gasteiger partial charge in [-0.05, 0) is 65.7 Å². The van der Waals surface area contributed by atoms with E-state index in [4.69, 9.17) is 30.9 Å². The topological polar surface area (TPSA) is 121 Å². The zero-order valence-corrected chi connectivity index (χ0v) is 20.2. The van der Waals surface area contributed by atoms with Crippen molar-refractivity contribution >= 4 is 23.4 Å². The summed E-state index contributed by atoms with van der Waals surface area (Å²) < 4.78 is 44.6. The summed E-state index contributed by atoms with van der Waals surface area (Å²) in [6.45, 7) is 2.19. The molecule has 0 bridgehead atoms. The summed E-state index contributed by atoms with van der Waals surface area (Å²) in [6.07, 6.45) is -0.606. The number of hydrogen-bond donors (Lipinski definition) is 2. The average Bonchev–Trinajstić information content (AvgIpc) is 2.87. The van der Waals surface area contributed by atoms with Gasteiger partial charge in [0.25, 0.3) is 0 Å². The standard InChI is InChI=1S/C28H27F2N3O4/c1-19(25-13-8-22(32)17-26(25)33)18-36-27(34)14-5-20-3-9-24(10-4-20)37-28(29,30)21-6-11-23(12-7-21)35-16-2-15-31/h3-14,17,19H,2,16,18,32-33H2,1H3/b14-5+. The van der Waals surface area contributed by atoms with Gasteiger partial charge in [0, 0.05) is 23.4 Å². The maximum absolute atomic E-state index is 14.6. The number of benzene rings is 3. The number of hydrogen-bond acceptors (Lipinski definition) is 7. The molecule has 0 fully saturated rings. The number of esters is 1. The molecule has 3 aromatic rings. The summed E-state index contributed by atoms with van der Waals surface area (Å²) in [7, 11) is 0. The van der Waals surface area contributed by atoms with E-state index in [1.165, 1.54) is 48.6 Å². The van der Waals surface area contributed by atoms with Gasteiger partial charge >= 0.3 is 12.1 Å². The molecular weight excluding hydrogens is 480 g/mol. The second kappa shape index (κ2) is 12.4. The van der Waals surface area contributed by atoms with Crippen molar-refractivity contribution in [3.63, 3.8) is 0 Å². The summed E-state index contributed by atoms with van der Waals surface area (Å²) in [6, 6.07) is 18.2. The number of anilines is 2. The number of carbonyl (C=O) groups is 1. The number of nitrogens with zero attached hydrogens (tertiary/aromatic N) is 1. The smallest absolute Gasteiger partial charge is 0.426 e. The number of carbonyl (C=O) groups excluding carboxylic acids is 1. The molecule has 0 aliphatic carbocycles. The van der Waals surface area contributed by atoms with E-state index < -0.39 is 12.1 Å². The number of rotatable bonds is 11. The summed E-state index contributed by atoms with van der Waals surface area (Å²) in [5, 5.41) is 8.52. The Labute approximate surface area is 213 Å². The molecule has 3 aromatic carbocycles. The van der Waals surface area contributed by atoms with Crippen molar-refractivity contribution in [2.75, 3.05) is 24.7 Å². The number of ether oxygens (including phenoxy) is 3. The predicted octanol–water partition coefficient (Wildman–Crippen LogP) is 5.63. The van der Waals surface area contributed by atoms with Crippen molar-refractivity contribution in [3.8, 4) is 17.6 Å². The average molecular weight is 508 g/mol. The summed E-state index contributed by atoms with van der Waals surface area (Å²) >= 11 is 0. The van der Waals surface area contributed by atoms with Crippen molar-refractivity contribution in [2.45, 2.75) is 25.4 Å². The van der Waals surface area contributed by atoms with Crippen molar-refractivity contribution in [3.05, 3.63) is 89.5 Å².